The maximum Gasteiger partial charge on any atom is 0.237 e. The Hall–Kier alpha value is -1.84. The van der Waals surface area contributed by atoms with Crippen LogP contribution in [-0.4, -0.2) is 83.2 Å². The van der Waals surface area contributed by atoms with Gasteiger partial charge in [-0.05, 0) is 37.8 Å². The maximum absolute atomic E-state index is 12.9. The molecule has 1 N–H and O–H groups in total. The number of nitrogens with one attached hydrogen (secondary N) is 1. The Kier molecular flexibility index (Phi) is 6.80. The first-order chi connectivity index (χ1) is 14.6. The summed E-state index contributed by atoms with van der Waals surface area (Å²) in [5.41, 5.74) is 1.90. The molecule has 0 radical (unpaired) electrons. The zero-order valence-corrected chi connectivity index (χ0v) is 18.4. The zero-order valence-electron chi connectivity index (χ0n) is 17.6. The summed E-state index contributed by atoms with van der Waals surface area (Å²) >= 11 is 0. The third-order valence-electron chi connectivity index (χ3n) is 5.90. The van der Waals surface area contributed by atoms with Gasteiger partial charge in [0.2, 0.25) is 10.0 Å². The second-order valence-corrected chi connectivity index (χ2v) is 9.92. The van der Waals surface area contributed by atoms with Crippen LogP contribution in [0, 0.1) is 0 Å². The third kappa shape index (κ3) is 4.73. The average Bonchev–Trinajstić information content (AvgIpc) is 3.43. The molecule has 1 aromatic carbocycles. The van der Waals surface area contributed by atoms with Gasteiger partial charge in [-0.1, -0.05) is 18.2 Å². The summed E-state index contributed by atoms with van der Waals surface area (Å²) in [6.07, 6.45) is 3.05. The van der Waals surface area contributed by atoms with Gasteiger partial charge in [0.15, 0.2) is 5.96 Å². The van der Waals surface area contributed by atoms with Crippen molar-refractivity contribution < 1.29 is 17.9 Å². The highest BCUT2D eigenvalue weighted by Gasteiger charge is 2.32. The zero-order chi connectivity index (χ0) is 21.0. The SMILES string of the molecule is CCNC(=NCCS(=O)(=O)N1CCc2ccccc21)N1CCOC(C2CCCO2)C1. The molecule has 0 amide bonds. The lowest BCUT2D eigenvalue weighted by atomic mass is 10.1. The number of aliphatic imine (C=N–C) groups is 1. The number of nitrogens with zero attached hydrogens (tertiary/aromatic N) is 3. The standard InChI is InChI=1S/C21H32N4O4S/c1-2-22-21(24-12-14-29-20(16-24)19-8-5-13-28-19)23-10-15-30(26,27)25-11-9-17-6-3-4-7-18(17)25/h3-4,6-7,19-20H,2,5,8-16H2,1H3,(H,22,23). The van der Waals surface area contributed by atoms with Gasteiger partial charge < -0.3 is 19.7 Å². The molecule has 2 unspecified atom stereocenters. The monoisotopic (exact) mass is 436 g/mol. The van der Waals surface area contributed by atoms with Crippen molar-refractivity contribution in [2.75, 3.05) is 56.0 Å². The van der Waals surface area contributed by atoms with Crippen LogP contribution in [0.5, 0.6) is 0 Å². The number of para-hydroxylation sites is 1. The van der Waals surface area contributed by atoms with Crippen LogP contribution in [0.15, 0.2) is 29.3 Å². The molecule has 4 rings (SSSR count). The van der Waals surface area contributed by atoms with Gasteiger partial charge in [-0.3, -0.25) is 9.30 Å². The molecular formula is C21H32N4O4S. The molecule has 0 aromatic heterocycles. The van der Waals surface area contributed by atoms with Gasteiger partial charge >= 0.3 is 0 Å². The van der Waals surface area contributed by atoms with Gasteiger partial charge in [-0.25, -0.2) is 8.42 Å². The molecule has 166 valence electrons. The van der Waals surface area contributed by atoms with E-state index in [2.05, 4.69) is 15.2 Å². The number of fused-ring (bicyclic) bond motifs is 1. The van der Waals surface area contributed by atoms with Crippen molar-refractivity contribution in [3.63, 3.8) is 0 Å². The van der Waals surface area contributed by atoms with Crippen LogP contribution in [0.2, 0.25) is 0 Å². The number of rotatable bonds is 6. The lowest BCUT2D eigenvalue weighted by Crippen LogP contribution is -2.53. The van der Waals surface area contributed by atoms with Gasteiger partial charge in [0.1, 0.15) is 6.10 Å². The normalized spacial score (nSPS) is 24.9. The minimum Gasteiger partial charge on any atom is -0.375 e. The summed E-state index contributed by atoms with van der Waals surface area (Å²) in [5.74, 6) is 0.747. The number of benzene rings is 1. The van der Waals surface area contributed by atoms with Crippen LogP contribution in [0.3, 0.4) is 0 Å². The number of morpholine rings is 1. The molecule has 3 aliphatic heterocycles. The Morgan fingerprint density at radius 1 is 1.20 bits per heavy atom. The molecule has 1 aromatic rings. The van der Waals surface area contributed by atoms with Crippen molar-refractivity contribution >= 4 is 21.7 Å². The summed E-state index contributed by atoms with van der Waals surface area (Å²) in [7, 11) is -3.40. The van der Waals surface area contributed by atoms with E-state index in [0.29, 0.717) is 19.7 Å². The van der Waals surface area contributed by atoms with E-state index in [4.69, 9.17) is 9.47 Å². The van der Waals surface area contributed by atoms with Crippen molar-refractivity contribution in [3.05, 3.63) is 29.8 Å². The Bertz CT molecular complexity index is 854. The molecule has 2 saturated heterocycles. The van der Waals surface area contributed by atoms with Gasteiger partial charge in [0.05, 0.1) is 30.7 Å². The summed E-state index contributed by atoms with van der Waals surface area (Å²) in [5, 5.41) is 3.31. The number of sulfonamides is 1. The van der Waals surface area contributed by atoms with Crippen molar-refractivity contribution in [2.45, 2.75) is 38.4 Å². The van der Waals surface area contributed by atoms with E-state index in [1.807, 2.05) is 31.2 Å². The fraction of sp³-hybridized carbons (Fsp3) is 0.667. The summed E-state index contributed by atoms with van der Waals surface area (Å²) < 4.78 is 39.1. The van der Waals surface area contributed by atoms with E-state index in [-0.39, 0.29) is 24.5 Å². The second-order valence-electron chi connectivity index (χ2n) is 7.91. The van der Waals surface area contributed by atoms with Crippen LogP contribution in [0.4, 0.5) is 5.69 Å². The Labute approximate surface area is 179 Å². The van der Waals surface area contributed by atoms with E-state index in [0.717, 1.165) is 56.2 Å². The molecular weight excluding hydrogens is 404 g/mol. The van der Waals surface area contributed by atoms with Gasteiger partial charge in [-0.2, -0.15) is 0 Å². The lowest BCUT2D eigenvalue weighted by molar-refractivity contribution is -0.0816. The smallest absolute Gasteiger partial charge is 0.237 e. The topological polar surface area (TPSA) is 83.5 Å². The van der Waals surface area contributed by atoms with Crippen LogP contribution < -0.4 is 9.62 Å². The largest absolute Gasteiger partial charge is 0.375 e. The predicted octanol–water partition coefficient (Wildman–Crippen LogP) is 1.22. The first kappa shape index (κ1) is 21.4. The number of anilines is 1. The molecule has 8 nitrogen and oxygen atoms in total. The fourth-order valence-corrected chi connectivity index (χ4v) is 5.78. The Morgan fingerprint density at radius 3 is 2.83 bits per heavy atom. The third-order valence-corrected chi connectivity index (χ3v) is 7.65. The van der Waals surface area contributed by atoms with Crippen molar-refractivity contribution in [3.8, 4) is 0 Å². The highest BCUT2D eigenvalue weighted by Crippen LogP contribution is 2.30. The van der Waals surface area contributed by atoms with Gasteiger partial charge in [0, 0.05) is 32.8 Å². The number of hydrogen-bond donors (Lipinski definition) is 1. The second kappa shape index (κ2) is 9.53. The van der Waals surface area contributed by atoms with Gasteiger partial charge in [-0.15, -0.1) is 0 Å². The molecule has 2 atom stereocenters. The molecule has 2 fully saturated rings. The molecule has 0 bridgehead atoms. The highest BCUT2D eigenvalue weighted by atomic mass is 32.2. The van der Waals surface area contributed by atoms with E-state index < -0.39 is 10.0 Å². The molecule has 3 heterocycles. The highest BCUT2D eigenvalue weighted by molar-refractivity contribution is 7.92. The van der Waals surface area contributed by atoms with Crippen molar-refractivity contribution in [2.24, 2.45) is 4.99 Å². The number of hydrogen-bond acceptors (Lipinski definition) is 5. The first-order valence-corrected chi connectivity index (χ1v) is 12.5. The minimum absolute atomic E-state index is 0.00423. The molecule has 30 heavy (non-hydrogen) atoms. The van der Waals surface area contributed by atoms with E-state index in [9.17, 15) is 8.42 Å². The molecule has 3 aliphatic rings. The number of guanidine groups is 1. The lowest BCUT2D eigenvalue weighted by Gasteiger charge is -2.37. The van der Waals surface area contributed by atoms with Crippen LogP contribution in [-0.2, 0) is 25.9 Å². The first-order valence-electron chi connectivity index (χ1n) is 10.9. The Balaban J connectivity index is 1.39. The molecule has 0 aliphatic carbocycles. The van der Waals surface area contributed by atoms with E-state index in [1.54, 1.807) is 0 Å². The minimum atomic E-state index is -3.40. The Morgan fingerprint density at radius 2 is 2.03 bits per heavy atom. The summed E-state index contributed by atoms with van der Waals surface area (Å²) in [4.78, 5) is 6.80. The average molecular weight is 437 g/mol. The molecule has 0 saturated carbocycles. The summed E-state index contributed by atoms with van der Waals surface area (Å²) in [6.45, 7) is 6.36. The molecule has 0 spiro atoms. The predicted molar refractivity (Wildman–Crippen MR) is 118 cm³/mol. The quantitative estimate of drug-likeness (QED) is 0.533. The van der Waals surface area contributed by atoms with E-state index >= 15 is 0 Å². The summed E-state index contributed by atoms with van der Waals surface area (Å²) in [6, 6.07) is 7.71. The van der Waals surface area contributed by atoms with Crippen molar-refractivity contribution in [1.29, 1.82) is 0 Å². The fourth-order valence-electron chi connectivity index (χ4n) is 4.39. The van der Waals surface area contributed by atoms with Crippen LogP contribution in [0.1, 0.15) is 25.3 Å². The van der Waals surface area contributed by atoms with Crippen molar-refractivity contribution in [1.82, 2.24) is 10.2 Å². The maximum atomic E-state index is 12.9. The van der Waals surface area contributed by atoms with Gasteiger partial charge in [0.25, 0.3) is 0 Å². The molecule has 9 heteroatoms. The number of ether oxygens (including phenoxy) is 2. The van der Waals surface area contributed by atoms with Crippen LogP contribution in [0.25, 0.3) is 0 Å². The van der Waals surface area contributed by atoms with E-state index in [1.165, 1.54) is 4.31 Å². The van der Waals surface area contributed by atoms with Crippen LogP contribution >= 0.6 is 0 Å².